The molecule has 1 amide bonds. The van der Waals surface area contributed by atoms with Crippen LogP contribution in [0.1, 0.15) is 56.4 Å². The fourth-order valence-corrected chi connectivity index (χ4v) is 3.77. The number of amides is 1. The molecule has 0 aliphatic carbocycles. The number of methoxy groups -OCH3 is 1. The quantitative estimate of drug-likeness (QED) is 0.279. The maximum absolute atomic E-state index is 10.4. The van der Waals surface area contributed by atoms with Gasteiger partial charge in [0.15, 0.2) is 5.82 Å². The van der Waals surface area contributed by atoms with Crippen molar-refractivity contribution >= 4 is 44.9 Å². The maximum Gasteiger partial charge on any atom is 0.216 e. The number of aliphatic hydroxyl groups excluding tert-OH is 1. The van der Waals surface area contributed by atoms with Gasteiger partial charge in [-0.1, -0.05) is 48.6 Å². The van der Waals surface area contributed by atoms with E-state index in [4.69, 9.17) is 41.9 Å². The Kier molecular flexibility index (Phi) is 18.8. The monoisotopic (exact) mass is 625 g/mol. The minimum atomic E-state index is -0.00893. The molecular weight excluding hydrogens is 585 g/mol. The van der Waals surface area contributed by atoms with E-state index >= 15 is 0 Å². The van der Waals surface area contributed by atoms with Crippen molar-refractivity contribution in [1.82, 2.24) is 20.1 Å². The first-order valence-electron chi connectivity index (χ1n) is 13.3. The number of aromatic nitrogens is 3. The fraction of sp³-hybridized carbons (Fsp3) is 0.448. The summed E-state index contributed by atoms with van der Waals surface area (Å²) in [6.45, 7) is 9.97. The first-order chi connectivity index (χ1) is 19.9. The minimum Gasteiger partial charge on any atom is -0.497 e. The number of benzene rings is 2. The molecule has 4 rings (SSSR count). The molecule has 41 heavy (non-hydrogen) atoms. The van der Waals surface area contributed by atoms with E-state index in [9.17, 15) is 4.79 Å². The standard InChI is InChI=1S/C18H15ClN4O.C8H17NO3.C2H6.CH3ClS/c1-11-21-22-17-10-20-18(12-3-5-13(19)6-4-12)15-9-14(24-2)7-8-16(15)23(11)17;1-8(11)9-4-2-6-12-7-3-5-10;1-2;1-3-2/h3-9H,10H2,1-2H3;10H,2-7H2,1H3,(H,9,11);1-2H3;1H3. The largest absolute Gasteiger partial charge is 0.497 e. The molecule has 226 valence electrons. The van der Waals surface area contributed by atoms with Crippen LogP contribution in [0.5, 0.6) is 5.75 Å². The van der Waals surface area contributed by atoms with Crippen molar-refractivity contribution in [3.05, 3.63) is 70.3 Å². The predicted octanol–water partition coefficient (Wildman–Crippen LogP) is 6.03. The summed E-state index contributed by atoms with van der Waals surface area (Å²) in [5.74, 6) is 2.43. The van der Waals surface area contributed by atoms with E-state index < -0.39 is 0 Å². The topological polar surface area (TPSA) is 111 Å². The number of aliphatic imine (C=N–C) groups is 1. The second kappa shape index (κ2) is 21.1. The van der Waals surface area contributed by atoms with Crippen LogP contribution in [0.3, 0.4) is 0 Å². The van der Waals surface area contributed by atoms with Crippen LogP contribution in [-0.4, -0.2) is 71.2 Å². The lowest BCUT2D eigenvalue weighted by Gasteiger charge is -2.14. The number of ether oxygens (including phenoxy) is 2. The molecular formula is C29H41Cl2N5O4S. The lowest BCUT2D eigenvalue weighted by molar-refractivity contribution is -0.119. The highest BCUT2D eigenvalue weighted by atomic mass is 35.7. The van der Waals surface area contributed by atoms with Gasteiger partial charge in [-0.05, 0) is 67.0 Å². The Balaban J connectivity index is 0.000000419. The predicted molar refractivity (Wildman–Crippen MR) is 170 cm³/mol. The van der Waals surface area contributed by atoms with Crippen LogP contribution in [0, 0.1) is 6.92 Å². The third-order valence-corrected chi connectivity index (χ3v) is 5.63. The van der Waals surface area contributed by atoms with Crippen molar-refractivity contribution in [2.45, 2.75) is 47.1 Å². The molecule has 1 aromatic heterocycles. The number of hydrogen-bond donors (Lipinski definition) is 2. The van der Waals surface area contributed by atoms with Crippen LogP contribution in [-0.2, 0) is 16.1 Å². The molecule has 1 aliphatic heterocycles. The van der Waals surface area contributed by atoms with Crippen LogP contribution in [0.15, 0.2) is 47.5 Å². The van der Waals surface area contributed by atoms with Crippen LogP contribution in [0.4, 0.5) is 0 Å². The summed E-state index contributed by atoms with van der Waals surface area (Å²) >= 11 is 6.02. The van der Waals surface area contributed by atoms with Gasteiger partial charge in [-0.2, -0.15) is 0 Å². The summed E-state index contributed by atoms with van der Waals surface area (Å²) in [4.78, 5) is 15.2. The maximum atomic E-state index is 10.4. The summed E-state index contributed by atoms with van der Waals surface area (Å²) < 4.78 is 12.6. The van der Waals surface area contributed by atoms with Gasteiger partial charge in [0.05, 0.1) is 18.5 Å². The van der Waals surface area contributed by atoms with Gasteiger partial charge >= 0.3 is 0 Å². The van der Waals surface area contributed by atoms with Crippen molar-refractivity contribution in [2.24, 2.45) is 4.99 Å². The van der Waals surface area contributed by atoms with Crippen molar-refractivity contribution in [3.8, 4) is 11.4 Å². The molecule has 0 atom stereocenters. The number of aryl methyl sites for hydroxylation is 1. The van der Waals surface area contributed by atoms with E-state index in [1.807, 2.05) is 74.1 Å². The molecule has 0 saturated carbocycles. The lowest BCUT2D eigenvalue weighted by atomic mass is 10.00. The Labute approximate surface area is 257 Å². The number of fused-ring (bicyclic) bond motifs is 3. The normalized spacial score (nSPS) is 11.0. The summed E-state index contributed by atoms with van der Waals surface area (Å²) in [5.41, 5.74) is 3.88. The zero-order chi connectivity index (χ0) is 30.6. The molecule has 9 nitrogen and oxygen atoms in total. The van der Waals surface area contributed by atoms with Crippen molar-refractivity contribution < 1.29 is 19.4 Å². The highest BCUT2D eigenvalue weighted by molar-refractivity contribution is 8.20. The second-order valence-electron chi connectivity index (χ2n) is 8.23. The number of carbonyl (C=O) groups is 1. The number of hydrogen-bond acceptors (Lipinski definition) is 8. The summed E-state index contributed by atoms with van der Waals surface area (Å²) in [5, 5.41) is 20.2. The molecule has 2 N–H and O–H groups in total. The Hall–Kier alpha value is -2.63. The first-order valence-corrected chi connectivity index (χ1v) is 15.8. The molecule has 0 spiro atoms. The van der Waals surface area contributed by atoms with Crippen molar-refractivity contribution in [3.63, 3.8) is 0 Å². The Bertz CT molecular complexity index is 1210. The van der Waals surface area contributed by atoms with Gasteiger partial charge in [0.25, 0.3) is 0 Å². The van der Waals surface area contributed by atoms with Gasteiger partial charge < -0.3 is 19.9 Å². The number of nitrogens with zero attached hydrogens (tertiary/aromatic N) is 4. The van der Waals surface area contributed by atoms with Gasteiger partial charge in [0.1, 0.15) is 18.1 Å². The van der Waals surface area contributed by atoms with Crippen LogP contribution < -0.4 is 10.1 Å². The van der Waals surface area contributed by atoms with Crippen molar-refractivity contribution in [2.75, 3.05) is 39.7 Å². The molecule has 0 fully saturated rings. The molecule has 12 heteroatoms. The lowest BCUT2D eigenvalue weighted by Crippen LogP contribution is -2.22. The zero-order valence-electron chi connectivity index (χ0n) is 24.6. The van der Waals surface area contributed by atoms with Gasteiger partial charge in [0.2, 0.25) is 5.91 Å². The number of nitrogens with one attached hydrogen (secondary N) is 1. The van der Waals surface area contributed by atoms with E-state index in [-0.39, 0.29) is 12.5 Å². The summed E-state index contributed by atoms with van der Waals surface area (Å²) in [6.07, 6.45) is 3.31. The van der Waals surface area contributed by atoms with Crippen molar-refractivity contribution in [1.29, 1.82) is 0 Å². The first kappa shape index (κ1) is 36.4. The molecule has 2 heterocycles. The summed E-state index contributed by atoms with van der Waals surface area (Å²) in [7, 11) is 7.80. The second-order valence-corrected chi connectivity index (χ2v) is 9.90. The zero-order valence-corrected chi connectivity index (χ0v) is 26.9. The van der Waals surface area contributed by atoms with Gasteiger partial charge in [-0.3, -0.25) is 14.4 Å². The molecule has 0 unspecified atom stereocenters. The van der Waals surface area contributed by atoms with E-state index in [0.717, 1.165) is 46.3 Å². The van der Waals surface area contributed by atoms with Gasteiger partial charge in [-0.25, -0.2) is 0 Å². The van der Waals surface area contributed by atoms with E-state index in [1.54, 1.807) is 7.11 Å². The average Bonchev–Trinajstić information content (AvgIpc) is 3.26. The van der Waals surface area contributed by atoms with E-state index in [0.29, 0.717) is 37.7 Å². The molecule has 1 aliphatic rings. The third kappa shape index (κ3) is 12.4. The SMILES string of the molecule is CC.CC(=O)NCCCOCCCO.COc1ccc2c(c1)C(c1ccc(Cl)cc1)=NCc1nnc(C)n1-2.CSCl. The molecule has 0 radical (unpaired) electrons. The van der Waals surface area contributed by atoms with Crippen LogP contribution >= 0.6 is 33.3 Å². The minimum absolute atomic E-state index is 0.00893. The molecule has 2 aromatic carbocycles. The highest BCUT2D eigenvalue weighted by Gasteiger charge is 2.22. The molecule has 0 bridgehead atoms. The van der Waals surface area contributed by atoms with Gasteiger partial charge in [-0.15, -0.1) is 10.2 Å². The van der Waals surface area contributed by atoms with Gasteiger partial charge in [0, 0.05) is 49.4 Å². The van der Waals surface area contributed by atoms with E-state index in [2.05, 4.69) is 15.5 Å². The van der Waals surface area contributed by atoms with Crippen LogP contribution in [0.2, 0.25) is 5.02 Å². The number of rotatable bonds is 9. The Morgan fingerprint density at radius 3 is 2.39 bits per heavy atom. The van der Waals surface area contributed by atoms with Crippen LogP contribution in [0.25, 0.3) is 5.69 Å². The number of aliphatic hydroxyl groups is 1. The number of carbonyl (C=O) groups excluding carboxylic acids is 1. The fourth-order valence-electron chi connectivity index (χ4n) is 3.65. The summed E-state index contributed by atoms with van der Waals surface area (Å²) in [6, 6.07) is 13.6. The third-order valence-electron chi connectivity index (χ3n) is 5.37. The Morgan fingerprint density at radius 2 is 1.78 bits per heavy atom. The Morgan fingerprint density at radius 1 is 1.12 bits per heavy atom. The van der Waals surface area contributed by atoms with E-state index in [1.165, 1.54) is 17.9 Å². The average molecular weight is 627 g/mol. The molecule has 3 aromatic rings. The smallest absolute Gasteiger partial charge is 0.216 e. The molecule has 0 saturated heterocycles. The highest BCUT2D eigenvalue weighted by Crippen LogP contribution is 2.29. The number of halogens is 2.